The number of nitrogens with two attached hydrogens (primary N) is 1. The van der Waals surface area contributed by atoms with Gasteiger partial charge in [0.05, 0.1) is 0 Å². The molecule has 0 bridgehead atoms. The first-order valence-corrected chi connectivity index (χ1v) is 19.5. The number of nitrogens with one attached hydrogen (secondary N) is 1. The minimum atomic E-state index is -1.00. The van der Waals surface area contributed by atoms with E-state index in [9.17, 15) is 19.5 Å². The number of esters is 1. The normalized spacial score (nSPS) is 12.8. The second-order valence-corrected chi connectivity index (χ2v) is 13.3. The van der Waals surface area contributed by atoms with Crippen molar-refractivity contribution in [2.75, 3.05) is 6.54 Å². The number of ether oxygens (including phenoxy) is 1. The maximum Gasteiger partial charge on any atom is 0.326 e. The van der Waals surface area contributed by atoms with Crippen LogP contribution in [0.5, 0.6) is 0 Å². The summed E-state index contributed by atoms with van der Waals surface area (Å²) in [5.41, 5.74) is 5.46. The fourth-order valence-corrected chi connectivity index (χ4v) is 5.83. The van der Waals surface area contributed by atoms with Gasteiger partial charge in [-0.15, -0.1) is 0 Å². The average Bonchev–Trinajstić information content (AvgIpc) is 3.03. The second-order valence-electron chi connectivity index (χ2n) is 13.3. The molecule has 0 rings (SSSR count). The summed E-state index contributed by atoms with van der Waals surface area (Å²) >= 11 is 0. The second kappa shape index (κ2) is 34.4. The van der Waals surface area contributed by atoms with Crippen LogP contribution in [-0.2, 0) is 19.1 Å². The monoisotopic (exact) mass is 651 g/mol. The van der Waals surface area contributed by atoms with Gasteiger partial charge in [-0.3, -0.25) is 9.59 Å². The number of carboxylic acid groups (broad SMARTS) is 1. The number of allylic oxidation sites excluding steroid dienone is 1. The highest BCUT2D eigenvalue weighted by atomic mass is 16.5. The molecule has 0 saturated carbocycles. The van der Waals surface area contributed by atoms with Crippen LogP contribution in [0.3, 0.4) is 0 Å². The molecule has 0 aliphatic heterocycles. The van der Waals surface area contributed by atoms with Crippen LogP contribution in [0.4, 0.5) is 0 Å². The first kappa shape index (κ1) is 44.1. The molecule has 0 aromatic rings. The number of carbonyl (C=O) groups is 3. The van der Waals surface area contributed by atoms with E-state index < -0.39 is 12.0 Å². The molecular weight excluding hydrogens is 576 g/mol. The van der Waals surface area contributed by atoms with Crippen LogP contribution in [0.15, 0.2) is 12.2 Å². The zero-order chi connectivity index (χ0) is 33.9. The molecule has 4 N–H and O–H groups in total. The Morgan fingerprint density at radius 2 is 1.11 bits per heavy atom. The van der Waals surface area contributed by atoms with Gasteiger partial charge in [0, 0.05) is 12.8 Å². The molecule has 46 heavy (non-hydrogen) atoms. The SMILES string of the molecule is CCCCCCCC/C=C\C(CCCCCCCCC(=O)NC(CCCN)C(=O)O)OC(=O)CCCCCCCCCCCCC. The van der Waals surface area contributed by atoms with E-state index in [0.29, 0.717) is 32.2 Å². The van der Waals surface area contributed by atoms with Crippen molar-refractivity contribution < 1.29 is 24.2 Å². The average molecular weight is 651 g/mol. The van der Waals surface area contributed by atoms with Crippen molar-refractivity contribution in [2.45, 2.75) is 212 Å². The molecule has 7 heteroatoms. The van der Waals surface area contributed by atoms with Gasteiger partial charge in [0.15, 0.2) is 0 Å². The summed E-state index contributed by atoms with van der Waals surface area (Å²) in [5, 5.41) is 11.9. The van der Waals surface area contributed by atoms with Crippen LogP contribution < -0.4 is 11.1 Å². The Bertz CT molecular complexity index is 742. The molecule has 0 spiro atoms. The fourth-order valence-electron chi connectivity index (χ4n) is 5.83. The van der Waals surface area contributed by atoms with Gasteiger partial charge in [-0.2, -0.15) is 0 Å². The summed E-state index contributed by atoms with van der Waals surface area (Å²) in [4.78, 5) is 36.1. The van der Waals surface area contributed by atoms with E-state index in [4.69, 9.17) is 10.5 Å². The number of carboxylic acids is 1. The van der Waals surface area contributed by atoms with E-state index in [1.165, 1.54) is 96.3 Å². The minimum absolute atomic E-state index is 0.0587. The highest BCUT2D eigenvalue weighted by Gasteiger charge is 2.18. The molecule has 0 aromatic carbocycles. The molecule has 1 amide bonds. The Morgan fingerprint density at radius 3 is 1.63 bits per heavy atom. The van der Waals surface area contributed by atoms with Crippen molar-refractivity contribution in [3.63, 3.8) is 0 Å². The first-order valence-electron chi connectivity index (χ1n) is 19.5. The largest absolute Gasteiger partial charge is 0.480 e. The van der Waals surface area contributed by atoms with Crippen molar-refractivity contribution in [3.05, 3.63) is 12.2 Å². The van der Waals surface area contributed by atoms with E-state index in [1.807, 2.05) is 0 Å². The summed E-state index contributed by atoms with van der Waals surface area (Å²) in [6.45, 7) is 4.92. The molecule has 0 saturated heterocycles. The van der Waals surface area contributed by atoms with Crippen LogP contribution in [0, 0.1) is 0 Å². The van der Waals surface area contributed by atoms with Gasteiger partial charge < -0.3 is 20.9 Å². The first-order chi connectivity index (χ1) is 22.4. The number of hydrogen-bond donors (Lipinski definition) is 3. The topological polar surface area (TPSA) is 119 Å². The molecular formula is C39H74N2O5. The summed E-state index contributed by atoms with van der Waals surface area (Å²) < 4.78 is 5.93. The zero-order valence-corrected chi connectivity index (χ0v) is 30.2. The summed E-state index contributed by atoms with van der Waals surface area (Å²) in [7, 11) is 0. The summed E-state index contributed by atoms with van der Waals surface area (Å²) in [5.74, 6) is -1.26. The maximum atomic E-state index is 12.6. The number of aliphatic carboxylic acids is 1. The van der Waals surface area contributed by atoms with Crippen LogP contribution in [-0.4, -0.2) is 41.6 Å². The number of hydrogen-bond acceptors (Lipinski definition) is 5. The van der Waals surface area contributed by atoms with Crippen LogP contribution >= 0.6 is 0 Å². The van der Waals surface area contributed by atoms with Gasteiger partial charge in [0.2, 0.25) is 5.91 Å². The summed E-state index contributed by atoms with van der Waals surface area (Å²) in [6.07, 6.45) is 35.5. The van der Waals surface area contributed by atoms with E-state index >= 15 is 0 Å². The van der Waals surface area contributed by atoms with Gasteiger partial charge in [-0.1, -0.05) is 142 Å². The van der Waals surface area contributed by atoms with Gasteiger partial charge in [-0.25, -0.2) is 4.79 Å². The predicted molar refractivity (Wildman–Crippen MR) is 193 cm³/mol. The van der Waals surface area contributed by atoms with Crippen LogP contribution in [0.2, 0.25) is 0 Å². The van der Waals surface area contributed by atoms with Gasteiger partial charge >= 0.3 is 11.9 Å². The number of rotatable bonds is 35. The third-order valence-corrected chi connectivity index (χ3v) is 8.82. The smallest absolute Gasteiger partial charge is 0.326 e. The van der Waals surface area contributed by atoms with E-state index in [2.05, 4.69) is 31.3 Å². The van der Waals surface area contributed by atoms with Crippen molar-refractivity contribution in [1.82, 2.24) is 5.32 Å². The molecule has 0 aliphatic carbocycles. The van der Waals surface area contributed by atoms with Crippen molar-refractivity contribution in [2.24, 2.45) is 5.73 Å². The number of amides is 1. The quantitative estimate of drug-likeness (QED) is 0.0357. The predicted octanol–water partition coefficient (Wildman–Crippen LogP) is 10.3. The summed E-state index contributed by atoms with van der Waals surface area (Å²) in [6, 6.07) is -0.849. The molecule has 0 radical (unpaired) electrons. The highest BCUT2D eigenvalue weighted by molar-refractivity contribution is 5.83. The molecule has 0 heterocycles. The third-order valence-electron chi connectivity index (χ3n) is 8.82. The molecule has 2 unspecified atom stereocenters. The molecule has 270 valence electrons. The van der Waals surface area contributed by atoms with E-state index in [-0.39, 0.29) is 18.0 Å². The Balaban J connectivity index is 4.27. The molecule has 0 aromatic heterocycles. The maximum absolute atomic E-state index is 12.6. The number of unbranched alkanes of at least 4 members (excludes halogenated alkanes) is 21. The van der Waals surface area contributed by atoms with E-state index in [1.54, 1.807) is 0 Å². The van der Waals surface area contributed by atoms with Crippen LogP contribution in [0.25, 0.3) is 0 Å². The van der Waals surface area contributed by atoms with Crippen molar-refractivity contribution in [1.29, 1.82) is 0 Å². The Labute approximate surface area is 283 Å². The molecule has 0 fully saturated rings. The Hall–Kier alpha value is -1.89. The number of carbonyl (C=O) groups excluding carboxylic acids is 2. The zero-order valence-electron chi connectivity index (χ0n) is 30.2. The third kappa shape index (κ3) is 30.7. The van der Waals surface area contributed by atoms with Gasteiger partial charge in [-0.05, 0) is 64.0 Å². The lowest BCUT2D eigenvalue weighted by Crippen LogP contribution is -2.40. The Kier molecular flexibility index (Phi) is 33.0. The standard InChI is InChI=1S/C39H74N2O5/c1-3-5-7-9-11-13-14-15-17-23-27-33-38(43)46-35(29-24-20-16-12-10-8-6-4-2)30-25-21-18-19-22-26-32-37(42)41-36(39(44)45)31-28-34-40/h24,29,35-36H,3-23,25-28,30-34,40H2,1-2H3,(H,41,42)(H,44,45)/b29-24-. The van der Waals surface area contributed by atoms with E-state index in [0.717, 1.165) is 64.2 Å². The molecule has 0 aliphatic rings. The van der Waals surface area contributed by atoms with Gasteiger partial charge in [0.25, 0.3) is 0 Å². The van der Waals surface area contributed by atoms with Crippen molar-refractivity contribution >= 4 is 17.8 Å². The Morgan fingerprint density at radius 1 is 0.630 bits per heavy atom. The lowest BCUT2D eigenvalue weighted by atomic mass is 10.0. The lowest BCUT2D eigenvalue weighted by molar-refractivity contribution is -0.147. The lowest BCUT2D eigenvalue weighted by Gasteiger charge is -2.15. The molecule has 2 atom stereocenters. The van der Waals surface area contributed by atoms with Crippen LogP contribution in [0.1, 0.15) is 200 Å². The van der Waals surface area contributed by atoms with Gasteiger partial charge in [0.1, 0.15) is 12.1 Å². The fraction of sp³-hybridized carbons (Fsp3) is 0.872. The highest BCUT2D eigenvalue weighted by Crippen LogP contribution is 2.16. The van der Waals surface area contributed by atoms with Crippen molar-refractivity contribution in [3.8, 4) is 0 Å². The minimum Gasteiger partial charge on any atom is -0.480 e. The molecule has 7 nitrogen and oxygen atoms in total.